The van der Waals surface area contributed by atoms with Gasteiger partial charge in [-0.1, -0.05) is 70.4 Å². The van der Waals surface area contributed by atoms with Gasteiger partial charge >= 0.3 is 0 Å². The first-order valence-electron chi connectivity index (χ1n) is 11.2. The zero-order valence-corrected chi connectivity index (χ0v) is 24.2. The average molecular weight is 434 g/mol. The molecule has 170 valence electrons. The van der Waals surface area contributed by atoms with Crippen molar-refractivity contribution in [1.29, 1.82) is 0 Å². The number of aliphatic carboxylic acids is 1. The number of carbonyl (C=O) groups excluding carboxylic acids is 1. The first kappa shape index (κ1) is 32.2. The first-order valence-corrected chi connectivity index (χ1v) is 12.9. The van der Waals surface area contributed by atoms with E-state index in [1.807, 2.05) is 0 Å². The molecule has 0 aromatic carbocycles. The molecular formula is C22H51NO3Si2. The van der Waals surface area contributed by atoms with Crippen LogP contribution in [-0.4, -0.2) is 59.6 Å². The zero-order valence-electron chi connectivity index (χ0n) is 20.2. The van der Waals surface area contributed by atoms with E-state index in [-0.39, 0.29) is 6.42 Å². The van der Waals surface area contributed by atoms with E-state index in [1.54, 1.807) is 0 Å². The summed E-state index contributed by atoms with van der Waals surface area (Å²) in [5, 5.41) is 10.2. The summed E-state index contributed by atoms with van der Waals surface area (Å²) in [6, 6.07) is 0. The molecule has 0 aromatic heterocycles. The van der Waals surface area contributed by atoms with Gasteiger partial charge < -0.3 is 18.5 Å². The number of unbranched alkanes of at least 4 members (excludes halogenated alkanes) is 11. The maximum atomic E-state index is 10.2. The number of quaternary nitrogens is 1. The second-order valence-electron chi connectivity index (χ2n) is 8.80. The standard InChI is InChI=1S/C18H34O2.C4H12N.H6OSi2/c1-2-3-4-5-6-7-8-9-10-11-12-13-14-15-16-17-18(19)20;1-5(2,3)4;2-1-3/h9-10H,2-8,11-17H2,1H3,(H,19,20);1-4H3;2-3H3/q;+1;/p-1/b10-9-;;. The molecule has 0 atom stereocenters. The number of nitrogens with zero attached hydrogens (tertiary/aromatic N) is 1. The van der Waals surface area contributed by atoms with Gasteiger partial charge in [-0.05, 0) is 38.5 Å². The molecule has 0 unspecified atom stereocenters. The Labute approximate surface area is 182 Å². The van der Waals surface area contributed by atoms with E-state index < -0.39 is 5.97 Å². The fourth-order valence-corrected chi connectivity index (χ4v) is 2.34. The molecule has 4 nitrogen and oxygen atoms in total. The highest BCUT2D eigenvalue weighted by atomic mass is 28.3. The second-order valence-corrected chi connectivity index (χ2v) is 12.1. The fourth-order valence-electron chi connectivity index (χ4n) is 2.34. The van der Waals surface area contributed by atoms with E-state index in [0.717, 1.165) is 44.7 Å². The minimum Gasteiger partial charge on any atom is -0.550 e. The van der Waals surface area contributed by atoms with Gasteiger partial charge in [0.1, 0.15) is 21.0 Å². The van der Waals surface area contributed by atoms with E-state index in [2.05, 4.69) is 51.4 Å². The molecule has 0 aromatic rings. The fraction of sp³-hybridized carbons (Fsp3) is 0.864. The molecule has 28 heavy (non-hydrogen) atoms. The van der Waals surface area contributed by atoms with E-state index in [0.29, 0.717) is 0 Å². The molecule has 0 aliphatic rings. The summed E-state index contributed by atoms with van der Waals surface area (Å²) in [6.45, 7) is 2.26. The van der Waals surface area contributed by atoms with Gasteiger partial charge in [0.05, 0.1) is 28.2 Å². The van der Waals surface area contributed by atoms with Crippen LogP contribution in [0, 0.1) is 0 Å². The van der Waals surface area contributed by atoms with Crippen LogP contribution in [0.15, 0.2) is 12.2 Å². The van der Waals surface area contributed by atoms with Gasteiger partial charge in [-0.15, -0.1) is 0 Å². The Bertz CT molecular complexity index is 326. The van der Waals surface area contributed by atoms with Gasteiger partial charge in [0.15, 0.2) is 0 Å². The van der Waals surface area contributed by atoms with Crippen LogP contribution in [-0.2, 0) is 8.91 Å². The lowest BCUT2D eigenvalue weighted by atomic mass is 10.1. The second kappa shape index (κ2) is 26.6. The minimum atomic E-state index is -0.914. The van der Waals surface area contributed by atoms with Crippen molar-refractivity contribution in [1.82, 2.24) is 0 Å². The molecule has 0 rings (SSSR count). The summed E-state index contributed by atoms with van der Waals surface area (Å²) in [6.07, 6.45) is 20.9. The summed E-state index contributed by atoms with van der Waals surface area (Å²) in [5.41, 5.74) is 0. The Balaban J connectivity index is -0.000000657. The Kier molecular flexibility index (Phi) is 30.6. The summed E-state index contributed by atoms with van der Waals surface area (Å²) in [4.78, 5) is 10.2. The Morgan fingerprint density at radius 3 is 1.46 bits per heavy atom. The van der Waals surface area contributed by atoms with Crippen molar-refractivity contribution in [2.75, 3.05) is 28.2 Å². The molecular weight excluding hydrogens is 382 g/mol. The van der Waals surface area contributed by atoms with Gasteiger partial charge in [0.2, 0.25) is 0 Å². The smallest absolute Gasteiger partial charge is 0.129 e. The number of allylic oxidation sites excluding steroid dienone is 2. The largest absolute Gasteiger partial charge is 0.550 e. The molecule has 0 heterocycles. The maximum Gasteiger partial charge on any atom is 0.129 e. The van der Waals surface area contributed by atoms with Crippen molar-refractivity contribution >= 4 is 26.9 Å². The molecule has 0 saturated carbocycles. The van der Waals surface area contributed by atoms with E-state index >= 15 is 0 Å². The third kappa shape index (κ3) is 56.2. The lowest BCUT2D eigenvalue weighted by Gasteiger charge is -2.14. The molecule has 0 radical (unpaired) electrons. The predicted octanol–water partition coefficient (Wildman–Crippen LogP) is 2.66. The van der Waals surface area contributed by atoms with Crippen LogP contribution in [0.5, 0.6) is 0 Å². The third-order valence-corrected chi connectivity index (χ3v) is 3.64. The normalized spacial score (nSPS) is 11.0. The lowest BCUT2D eigenvalue weighted by molar-refractivity contribution is -0.849. The number of hydrogen-bond acceptors (Lipinski definition) is 3. The van der Waals surface area contributed by atoms with Crippen LogP contribution >= 0.6 is 0 Å². The summed E-state index contributed by atoms with van der Waals surface area (Å²) in [5.74, 6) is -0.914. The monoisotopic (exact) mass is 433 g/mol. The van der Waals surface area contributed by atoms with E-state index in [9.17, 15) is 9.90 Å². The van der Waals surface area contributed by atoms with E-state index in [4.69, 9.17) is 0 Å². The Morgan fingerprint density at radius 1 is 0.786 bits per heavy atom. The third-order valence-electron chi connectivity index (χ3n) is 3.64. The number of rotatable bonds is 15. The molecule has 0 saturated heterocycles. The first-order chi connectivity index (χ1) is 13.2. The minimum absolute atomic E-state index is 0.220. The lowest BCUT2D eigenvalue weighted by Crippen LogP contribution is -2.27. The summed E-state index contributed by atoms with van der Waals surface area (Å²) < 4.78 is 5.53. The summed E-state index contributed by atoms with van der Waals surface area (Å²) >= 11 is 0. The SMILES string of the molecule is CCCCCCCC/C=C\CCCCCCCC(=O)[O-].C[N+](C)(C)C.[SiH3]O[SiH3]. The maximum absolute atomic E-state index is 10.2. The van der Waals surface area contributed by atoms with Crippen molar-refractivity contribution in [3.63, 3.8) is 0 Å². The predicted molar refractivity (Wildman–Crippen MR) is 129 cm³/mol. The molecule has 0 bridgehead atoms. The van der Waals surface area contributed by atoms with Crippen LogP contribution in [0.25, 0.3) is 0 Å². The van der Waals surface area contributed by atoms with Gasteiger partial charge in [0.25, 0.3) is 0 Å². The van der Waals surface area contributed by atoms with Crippen LogP contribution < -0.4 is 5.11 Å². The van der Waals surface area contributed by atoms with Crippen LogP contribution in [0.2, 0.25) is 0 Å². The van der Waals surface area contributed by atoms with Crippen molar-refractivity contribution in [2.24, 2.45) is 0 Å². The molecule has 0 N–H and O–H groups in total. The number of carboxylic acids is 1. The quantitative estimate of drug-likeness (QED) is 0.173. The van der Waals surface area contributed by atoms with Gasteiger partial charge in [-0.25, -0.2) is 0 Å². The van der Waals surface area contributed by atoms with Crippen molar-refractivity contribution in [3.05, 3.63) is 12.2 Å². The van der Waals surface area contributed by atoms with Gasteiger partial charge in [-0.2, -0.15) is 0 Å². The van der Waals surface area contributed by atoms with Crippen LogP contribution in [0.1, 0.15) is 96.8 Å². The number of hydrogen-bond donors (Lipinski definition) is 0. The highest BCUT2D eigenvalue weighted by molar-refractivity contribution is 6.15. The van der Waals surface area contributed by atoms with Crippen molar-refractivity contribution < 1.29 is 18.5 Å². The molecule has 0 aliphatic carbocycles. The van der Waals surface area contributed by atoms with Gasteiger partial charge in [0, 0.05) is 5.97 Å². The van der Waals surface area contributed by atoms with Gasteiger partial charge in [-0.3, -0.25) is 0 Å². The molecule has 6 heteroatoms. The zero-order chi connectivity index (χ0) is 22.1. The Hall–Kier alpha value is -0.436. The topological polar surface area (TPSA) is 49.4 Å². The molecule has 0 spiro atoms. The Morgan fingerprint density at radius 2 is 1.11 bits per heavy atom. The molecule has 0 amide bonds. The average Bonchev–Trinajstić information content (AvgIpc) is 2.57. The summed E-state index contributed by atoms with van der Waals surface area (Å²) in [7, 11) is 10.4. The van der Waals surface area contributed by atoms with E-state index in [1.165, 1.54) is 64.2 Å². The molecule has 0 aliphatic heterocycles. The van der Waals surface area contributed by atoms with Crippen molar-refractivity contribution in [3.8, 4) is 0 Å². The number of carboxylic acid groups (broad SMARTS) is 1. The van der Waals surface area contributed by atoms with Crippen LogP contribution in [0.4, 0.5) is 0 Å². The van der Waals surface area contributed by atoms with Crippen LogP contribution in [0.3, 0.4) is 0 Å². The number of carbonyl (C=O) groups is 1. The highest BCUT2D eigenvalue weighted by Gasteiger charge is 1.91. The molecule has 0 fully saturated rings. The van der Waals surface area contributed by atoms with Crippen molar-refractivity contribution in [2.45, 2.75) is 96.8 Å². The highest BCUT2D eigenvalue weighted by Crippen LogP contribution is 2.09.